The Balaban J connectivity index is 2.02. The van der Waals surface area contributed by atoms with Crippen LogP contribution in [0.1, 0.15) is 35.3 Å². The molecule has 0 aliphatic carbocycles. The Labute approximate surface area is 104 Å². The zero-order valence-electron chi connectivity index (χ0n) is 9.79. The summed E-state index contributed by atoms with van der Waals surface area (Å²) in [5.74, 6) is -0.294. The molecule has 0 unspecified atom stereocenters. The van der Waals surface area contributed by atoms with Crippen molar-refractivity contribution >= 4 is 17.3 Å². The van der Waals surface area contributed by atoms with Gasteiger partial charge >= 0.3 is 5.97 Å². The Hall–Kier alpha value is -1.62. The molecule has 2 aromatic heterocycles. The standard InChI is InChI=1S/C12H14N2O2S/c1-9(2)14-5-3-4-11(14)12(15)16-7-10-6-13-8-17-10/h3-6,8-9H,7H2,1-2H3. The Bertz CT molecular complexity index is 488. The molecule has 0 fully saturated rings. The van der Waals surface area contributed by atoms with Crippen LogP contribution in [0.5, 0.6) is 0 Å². The first-order chi connectivity index (χ1) is 8.18. The van der Waals surface area contributed by atoms with Crippen LogP contribution in [0, 0.1) is 0 Å². The van der Waals surface area contributed by atoms with Crippen LogP contribution in [0.15, 0.2) is 30.0 Å². The summed E-state index contributed by atoms with van der Waals surface area (Å²) < 4.78 is 7.13. The highest BCUT2D eigenvalue weighted by atomic mass is 32.1. The van der Waals surface area contributed by atoms with Gasteiger partial charge in [0.05, 0.1) is 10.4 Å². The summed E-state index contributed by atoms with van der Waals surface area (Å²) in [7, 11) is 0. The molecule has 4 nitrogen and oxygen atoms in total. The minimum absolute atomic E-state index is 0.246. The van der Waals surface area contributed by atoms with Crippen molar-refractivity contribution in [1.82, 2.24) is 9.55 Å². The van der Waals surface area contributed by atoms with Crippen LogP contribution < -0.4 is 0 Å². The van der Waals surface area contributed by atoms with E-state index in [-0.39, 0.29) is 18.6 Å². The van der Waals surface area contributed by atoms with E-state index in [1.807, 2.05) is 30.7 Å². The maximum atomic E-state index is 11.9. The van der Waals surface area contributed by atoms with Crippen molar-refractivity contribution in [1.29, 1.82) is 0 Å². The summed E-state index contributed by atoms with van der Waals surface area (Å²) in [4.78, 5) is 16.7. The highest BCUT2D eigenvalue weighted by molar-refractivity contribution is 7.09. The van der Waals surface area contributed by atoms with Gasteiger partial charge in [0.1, 0.15) is 12.3 Å². The number of carbonyl (C=O) groups excluding carboxylic acids is 1. The molecule has 90 valence electrons. The molecule has 2 aromatic rings. The van der Waals surface area contributed by atoms with E-state index in [4.69, 9.17) is 4.74 Å². The third kappa shape index (κ3) is 2.74. The van der Waals surface area contributed by atoms with Gasteiger partial charge in [-0.1, -0.05) is 0 Å². The summed E-state index contributed by atoms with van der Waals surface area (Å²) in [6, 6.07) is 3.87. The Morgan fingerprint density at radius 2 is 2.41 bits per heavy atom. The van der Waals surface area contributed by atoms with Gasteiger partial charge in [-0.05, 0) is 26.0 Å². The molecule has 5 heteroatoms. The third-order valence-corrected chi connectivity index (χ3v) is 3.13. The second-order valence-corrected chi connectivity index (χ2v) is 4.91. The summed E-state index contributed by atoms with van der Waals surface area (Å²) in [6.07, 6.45) is 3.59. The smallest absolute Gasteiger partial charge is 0.355 e. The average Bonchev–Trinajstić information content (AvgIpc) is 2.96. The molecule has 2 rings (SSSR count). The molecule has 0 saturated carbocycles. The summed E-state index contributed by atoms with van der Waals surface area (Å²) in [5, 5.41) is 0. The van der Waals surface area contributed by atoms with Crippen molar-refractivity contribution in [2.75, 3.05) is 0 Å². The third-order valence-electron chi connectivity index (χ3n) is 2.37. The molecular weight excluding hydrogens is 236 g/mol. The van der Waals surface area contributed by atoms with E-state index >= 15 is 0 Å². The fourth-order valence-corrected chi connectivity index (χ4v) is 2.05. The lowest BCUT2D eigenvalue weighted by atomic mass is 10.3. The summed E-state index contributed by atoms with van der Waals surface area (Å²) in [6.45, 7) is 4.34. The van der Waals surface area contributed by atoms with E-state index in [0.29, 0.717) is 5.69 Å². The fourth-order valence-electron chi connectivity index (χ4n) is 1.54. The second kappa shape index (κ2) is 5.14. The molecular formula is C12H14N2O2S. The van der Waals surface area contributed by atoms with Gasteiger partial charge in [-0.15, -0.1) is 11.3 Å². The largest absolute Gasteiger partial charge is 0.455 e. The molecule has 2 heterocycles. The number of nitrogens with zero attached hydrogens (tertiary/aromatic N) is 2. The number of hydrogen-bond donors (Lipinski definition) is 0. The first kappa shape index (κ1) is 11.9. The summed E-state index contributed by atoms with van der Waals surface area (Å²) in [5.41, 5.74) is 2.31. The topological polar surface area (TPSA) is 44.1 Å². The molecule has 0 aromatic carbocycles. The van der Waals surface area contributed by atoms with Gasteiger partial charge in [0.2, 0.25) is 0 Å². The Morgan fingerprint density at radius 3 is 3.06 bits per heavy atom. The van der Waals surface area contributed by atoms with Gasteiger partial charge in [0, 0.05) is 18.4 Å². The van der Waals surface area contributed by atoms with Crippen molar-refractivity contribution in [3.05, 3.63) is 40.6 Å². The van der Waals surface area contributed by atoms with Crippen molar-refractivity contribution in [3.8, 4) is 0 Å². The second-order valence-electron chi connectivity index (χ2n) is 3.94. The number of esters is 1. The molecule has 0 spiro atoms. The fraction of sp³-hybridized carbons (Fsp3) is 0.333. The molecule has 0 radical (unpaired) electrons. The van der Waals surface area contributed by atoms with Crippen LogP contribution in [0.25, 0.3) is 0 Å². The lowest BCUT2D eigenvalue weighted by Gasteiger charge is -2.11. The van der Waals surface area contributed by atoms with Crippen LogP contribution in [0.2, 0.25) is 0 Å². The van der Waals surface area contributed by atoms with Gasteiger partial charge in [0.25, 0.3) is 0 Å². The molecule has 0 amide bonds. The predicted molar refractivity (Wildman–Crippen MR) is 66.1 cm³/mol. The van der Waals surface area contributed by atoms with E-state index < -0.39 is 0 Å². The van der Waals surface area contributed by atoms with Gasteiger partial charge in [-0.25, -0.2) is 4.79 Å². The first-order valence-corrected chi connectivity index (χ1v) is 6.28. The Kier molecular flexibility index (Phi) is 3.58. The molecule has 0 saturated heterocycles. The molecule has 0 aliphatic heterocycles. The first-order valence-electron chi connectivity index (χ1n) is 5.40. The lowest BCUT2D eigenvalue weighted by molar-refractivity contribution is 0.0462. The monoisotopic (exact) mass is 250 g/mol. The van der Waals surface area contributed by atoms with Gasteiger partial charge in [-0.2, -0.15) is 0 Å². The number of hydrogen-bond acceptors (Lipinski definition) is 4. The summed E-state index contributed by atoms with van der Waals surface area (Å²) >= 11 is 1.48. The quantitative estimate of drug-likeness (QED) is 0.784. The minimum atomic E-state index is -0.294. The van der Waals surface area contributed by atoms with Crippen molar-refractivity contribution in [3.63, 3.8) is 0 Å². The van der Waals surface area contributed by atoms with Crippen LogP contribution in [0.4, 0.5) is 0 Å². The zero-order chi connectivity index (χ0) is 12.3. The number of rotatable bonds is 4. The van der Waals surface area contributed by atoms with Gasteiger partial charge < -0.3 is 9.30 Å². The maximum absolute atomic E-state index is 11.9. The van der Waals surface area contributed by atoms with E-state index in [2.05, 4.69) is 4.98 Å². The average molecular weight is 250 g/mol. The number of aromatic nitrogens is 2. The van der Waals surface area contributed by atoms with E-state index in [9.17, 15) is 4.79 Å². The molecule has 0 aliphatic rings. The molecule has 17 heavy (non-hydrogen) atoms. The van der Waals surface area contributed by atoms with Gasteiger partial charge in [-0.3, -0.25) is 4.98 Å². The van der Waals surface area contributed by atoms with Crippen LogP contribution in [-0.4, -0.2) is 15.5 Å². The van der Waals surface area contributed by atoms with E-state index in [1.165, 1.54) is 11.3 Å². The van der Waals surface area contributed by atoms with E-state index in [1.54, 1.807) is 17.8 Å². The molecule has 0 bridgehead atoms. The van der Waals surface area contributed by atoms with Crippen molar-refractivity contribution in [2.45, 2.75) is 26.5 Å². The SMILES string of the molecule is CC(C)n1cccc1C(=O)OCc1cncs1. The minimum Gasteiger partial charge on any atom is -0.455 e. The predicted octanol–water partition coefficient (Wildman–Crippen LogP) is 2.88. The van der Waals surface area contributed by atoms with Crippen LogP contribution in [0.3, 0.4) is 0 Å². The number of carbonyl (C=O) groups is 1. The van der Waals surface area contributed by atoms with Crippen molar-refractivity contribution in [2.24, 2.45) is 0 Å². The maximum Gasteiger partial charge on any atom is 0.355 e. The molecule has 0 N–H and O–H groups in total. The lowest BCUT2D eigenvalue weighted by Crippen LogP contribution is -2.12. The van der Waals surface area contributed by atoms with E-state index in [0.717, 1.165) is 4.88 Å². The Morgan fingerprint density at radius 1 is 1.59 bits per heavy atom. The van der Waals surface area contributed by atoms with Gasteiger partial charge in [0.15, 0.2) is 0 Å². The highest BCUT2D eigenvalue weighted by Crippen LogP contribution is 2.14. The van der Waals surface area contributed by atoms with Crippen molar-refractivity contribution < 1.29 is 9.53 Å². The number of thiazole rings is 1. The normalized spacial score (nSPS) is 10.8. The zero-order valence-corrected chi connectivity index (χ0v) is 10.6. The molecule has 0 atom stereocenters. The highest BCUT2D eigenvalue weighted by Gasteiger charge is 2.14. The number of ether oxygens (including phenoxy) is 1. The van der Waals surface area contributed by atoms with Crippen LogP contribution in [-0.2, 0) is 11.3 Å². The van der Waals surface area contributed by atoms with Crippen LogP contribution >= 0.6 is 11.3 Å².